The van der Waals surface area contributed by atoms with Crippen LogP contribution in [0.25, 0.3) is 0 Å². The van der Waals surface area contributed by atoms with Crippen LogP contribution < -0.4 is 10.5 Å². The van der Waals surface area contributed by atoms with E-state index in [2.05, 4.69) is 4.72 Å². The lowest BCUT2D eigenvalue weighted by molar-refractivity contribution is 0.154. The molecule has 1 unspecified atom stereocenters. The van der Waals surface area contributed by atoms with E-state index in [4.69, 9.17) is 5.73 Å². The fourth-order valence-electron chi connectivity index (χ4n) is 1.90. The number of piperidine rings is 1. The first-order chi connectivity index (χ1) is 7.15. The molecule has 1 fully saturated rings. The van der Waals surface area contributed by atoms with Gasteiger partial charge in [0.1, 0.15) is 0 Å². The van der Waals surface area contributed by atoms with Crippen molar-refractivity contribution in [3.63, 3.8) is 0 Å². The minimum absolute atomic E-state index is 0.0676. The second kappa shape index (κ2) is 4.60. The summed E-state index contributed by atoms with van der Waals surface area (Å²) in [4.78, 5) is 0. The van der Waals surface area contributed by atoms with E-state index >= 15 is 0 Å². The van der Waals surface area contributed by atoms with E-state index in [1.54, 1.807) is 0 Å². The lowest BCUT2D eigenvalue weighted by Gasteiger charge is -2.41. The van der Waals surface area contributed by atoms with E-state index < -0.39 is 10.2 Å². The Hall–Kier alpha value is -0.170. The summed E-state index contributed by atoms with van der Waals surface area (Å²) in [5.74, 6) is 0. The van der Waals surface area contributed by atoms with Gasteiger partial charge in [-0.3, -0.25) is 0 Å². The first-order valence-corrected chi connectivity index (χ1v) is 7.12. The molecule has 1 aliphatic heterocycles. The van der Waals surface area contributed by atoms with Crippen molar-refractivity contribution in [2.75, 3.05) is 13.1 Å². The third kappa shape index (κ3) is 3.16. The lowest BCUT2D eigenvalue weighted by atomic mass is 9.81. The molecule has 0 aromatic rings. The minimum atomic E-state index is -3.35. The molecule has 1 saturated heterocycles. The van der Waals surface area contributed by atoms with E-state index in [1.165, 1.54) is 4.31 Å². The van der Waals surface area contributed by atoms with Gasteiger partial charge < -0.3 is 5.73 Å². The molecule has 6 heteroatoms. The zero-order valence-corrected chi connectivity index (χ0v) is 11.3. The molecular weight excluding hydrogens is 226 g/mol. The van der Waals surface area contributed by atoms with E-state index in [1.807, 2.05) is 27.7 Å². The van der Waals surface area contributed by atoms with Crippen LogP contribution in [0.5, 0.6) is 0 Å². The van der Waals surface area contributed by atoms with E-state index in [0.717, 1.165) is 0 Å². The van der Waals surface area contributed by atoms with Crippen molar-refractivity contribution < 1.29 is 8.42 Å². The molecular formula is C10H23N3O2S. The summed E-state index contributed by atoms with van der Waals surface area (Å²) in [6.07, 6.45) is 0.714. The predicted octanol–water partition coefficient (Wildman–Crippen LogP) is 0.288. The Morgan fingerprint density at radius 2 is 2.00 bits per heavy atom. The molecule has 1 aliphatic rings. The third-order valence-corrected chi connectivity index (χ3v) is 4.76. The molecule has 3 N–H and O–H groups in total. The summed E-state index contributed by atoms with van der Waals surface area (Å²) < 4.78 is 28.0. The average Bonchev–Trinajstić information content (AvgIpc) is 2.07. The van der Waals surface area contributed by atoms with Crippen LogP contribution in [-0.4, -0.2) is 37.9 Å². The standard InChI is InChI=1S/C10H23N3O2S/c1-8(2)12-16(14,15)13-6-5-9(11)10(3,4)7-13/h8-9,12H,5-7,11H2,1-4H3. The molecule has 96 valence electrons. The molecule has 1 heterocycles. The second-order valence-corrected chi connectivity index (χ2v) is 7.20. The number of rotatable bonds is 3. The fraction of sp³-hybridized carbons (Fsp3) is 1.00. The van der Waals surface area contributed by atoms with E-state index in [-0.39, 0.29) is 17.5 Å². The highest BCUT2D eigenvalue weighted by Gasteiger charge is 2.38. The highest BCUT2D eigenvalue weighted by molar-refractivity contribution is 7.87. The molecule has 0 aromatic carbocycles. The van der Waals surface area contributed by atoms with Crippen LogP contribution in [0.15, 0.2) is 0 Å². The van der Waals surface area contributed by atoms with Crippen LogP contribution in [0.1, 0.15) is 34.1 Å². The van der Waals surface area contributed by atoms with Gasteiger partial charge in [-0.2, -0.15) is 17.4 Å². The topological polar surface area (TPSA) is 75.4 Å². The zero-order chi connectivity index (χ0) is 12.6. The maximum atomic E-state index is 12.0. The molecule has 0 amide bonds. The summed E-state index contributed by atoms with van der Waals surface area (Å²) >= 11 is 0. The van der Waals surface area contributed by atoms with E-state index in [9.17, 15) is 8.42 Å². The van der Waals surface area contributed by atoms with Crippen LogP contribution in [-0.2, 0) is 10.2 Å². The van der Waals surface area contributed by atoms with Crippen molar-refractivity contribution in [2.45, 2.75) is 46.2 Å². The van der Waals surface area contributed by atoms with Crippen molar-refractivity contribution in [1.29, 1.82) is 0 Å². The third-order valence-electron chi connectivity index (χ3n) is 3.00. The van der Waals surface area contributed by atoms with Crippen molar-refractivity contribution in [3.05, 3.63) is 0 Å². The number of nitrogens with two attached hydrogens (primary N) is 1. The van der Waals surface area contributed by atoms with Crippen LogP contribution in [0.4, 0.5) is 0 Å². The highest BCUT2D eigenvalue weighted by Crippen LogP contribution is 2.28. The maximum absolute atomic E-state index is 12.0. The minimum Gasteiger partial charge on any atom is -0.327 e. The van der Waals surface area contributed by atoms with Gasteiger partial charge in [0.15, 0.2) is 0 Å². The normalized spacial score (nSPS) is 27.2. The molecule has 1 rings (SSSR count). The van der Waals surface area contributed by atoms with Gasteiger partial charge in [-0.15, -0.1) is 0 Å². The zero-order valence-electron chi connectivity index (χ0n) is 10.5. The first kappa shape index (κ1) is 13.9. The quantitative estimate of drug-likeness (QED) is 0.755. The molecule has 0 aromatic heterocycles. The Kier molecular flexibility index (Phi) is 3.99. The molecule has 0 radical (unpaired) electrons. The largest absolute Gasteiger partial charge is 0.327 e. The van der Waals surface area contributed by atoms with Crippen LogP contribution in [0.2, 0.25) is 0 Å². The molecule has 1 atom stereocenters. The van der Waals surface area contributed by atoms with Crippen molar-refractivity contribution >= 4 is 10.2 Å². The Balaban J connectivity index is 2.76. The SMILES string of the molecule is CC(C)NS(=O)(=O)N1CCC(N)C(C)(C)C1. The number of hydrogen-bond donors (Lipinski definition) is 2. The molecule has 5 nitrogen and oxygen atoms in total. The monoisotopic (exact) mass is 249 g/mol. The van der Waals surface area contributed by atoms with Crippen LogP contribution >= 0.6 is 0 Å². The van der Waals surface area contributed by atoms with Gasteiger partial charge in [0.25, 0.3) is 10.2 Å². The number of nitrogens with zero attached hydrogens (tertiary/aromatic N) is 1. The van der Waals surface area contributed by atoms with Gasteiger partial charge in [0.2, 0.25) is 0 Å². The van der Waals surface area contributed by atoms with Gasteiger partial charge in [-0.05, 0) is 25.7 Å². The first-order valence-electron chi connectivity index (χ1n) is 5.68. The molecule has 0 saturated carbocycles. The highest BCUT2D eigenvalue weighted by atomic mass is 32.2. The van der Waals surface area contributed by atoms with Crippen molar-refractivity contribution in [2.24, 2.45) is 11.1 Å². The van der Waals surface area contributed by atoms with Crippen molar-refractivity contribution in [3.8, 4) is 0 Å². The summed E-state index contributed by atoms with van der Waals surface area (Å²) in [5.41, 5.74) is 5.81. The Morgan fingerprint density at radius 1 is 1.44 bits per heavy atom. The predicted molar refractivity (Wildman–Crippen MR) is 65.1 cm³/mol. The van der Waals surface area contributed by atoms with Gasteiger partial charge in [-0.1, -0.05) is 13.8 Å². The summed E-state index contributed by atoms with van der Waals surface area (Å²) in [6.45, 7) is 8.64. The Labute approximate surface area is 98.6 Å². The molecule has 0 aliphatic carbocycles. The van der Waals surface area contributed by atoms with Gasteiger partial charge >= 0.3 is 0 Å². The Morgan fingerprint density at radius 3 is 2.44 bits per heavy atom. The van der Waals surface area contributed by atoms with Crippen LogP contribution in [0.3, 0.4) is 0 Å². The van der Waals surface area contributed by atoms with Crippen molar-refractivity contribution in [1.82, 2.24) is 9.03 Å². The lowest BCUT2D eigenvalue weighted by Crippen LogP contribution is -2.56. The van der Waals surface area contributed by atoms with Gasteiger partial charge in [0.05, 0.1) is 0 Å². The summed E-state index contributed by atoms with van der Waals surface area (Å²) in [6, 6.07) is -0.0123. The van der Waals surface area contributed by atoms with Gasteiger partial charge in [-0.25, -0.2) is 0 Å². The smallest absolute Gasteiger partial charge is 0.279 e. The van der Waals surface area contributed by atoms with Gasteiger partial charge in [0, 0.05) is 25.2 Å². The summed E-state index contributed by atoms with van der Waals surface area (Å²) in [5, 5.41) is 0. The molecule has 0 bridgehead atoms. The Bertz CT molecular complexity index is 338. The maximum Gasteiger partial charge on any atom is 0.279 e. The summed E-state index contributed by atoms with van der Waals surface area (Å²) in [7, 11) is -3.35. The van der Waals surface area contributed by atoms with Crippen LogP contribution in [0, 0.1) is 5.41 Å². The molecule has 0 spiro atoms. The number of nitrogens with one attached hydrogen (secondary N) is 1. The second-order valence-electron chi connectivity index (χ2n) is 5.49. The van der Waals surface area contributed by atoms with E-state index in [0.29, 0.717) is 19.5 Å². The molecule has 16 heavy (non-hydrogen) atoms. The fourth-order valence-corrected chi connectivity index (χ4v) is 3.50. The number of hydrogen-bond acceptors (Lipinski definition) is 3. The average molecular weight is 249 g/mol.